The minimum absolute atomic E-state index is 0.0967. The molecule has 1 unspecified atom stereocenters. The van der Waals surface area contributed by atoms with Crippen LogP contribution in [0.3, 0.4) is 0 Å². The lowest BCUT2D eigenvalue weighted by Gasteiger charge is -2.13. The van der Waals surface area contributed by atoms with Crippen LogP contribution in [0.5, 0.6) is 17.2 Å². The van der Waals surface area contributed by atoms with Crippen molar-refractivity contribution in [3.63, 3.8) is 0 Å². The maximum Gasteiger partial charge on any atom is 0.355 e. The number of aliphatic carboxylic acids is 1. The Morgan fingerprint density at radius 2 is 1.21 bits per heavy atom. The molecule has 72 heavy (non-hydrogen) atoms. The van der Waals surface area contributed by atoms with Crippen LogP contribution in [0.25, 0.3) is 21.5 Å². The molecule has 28 nitrogen and oxygen atoms in total. The van der Waals surface area contributed by atoms with E-state index in [1.165, 1.54) is 12.1 Å². The quantitative estimate of drug-likeness (QED) is 0.0405. The zero-order valence-electron chi connectivity index (χ0n) is 35.8. The highest BCUT2D eigenvalue weighted by Crippen LogP contribution is 2.46. The normalized spacial score (nSPS) is 14.9. The molecule has 1 aliphatic heterocycles. The Bertz CT molecular complexity index is 3810. The number of carbonyl (C=O) groups is 2. The van der Waals surface area contributed by atoms with Gasteiger partial charge >= 0.3 is 5.97 Å². The predicted molar refractivity (Wildman–Crippen MR) is 246 cm³/mol. The first kappa shape index (κ1) is 52.0. The second-order valence-electron chi connectivity index (χ2n) is 14.6. The first-order chi connectivity index (χ1) is 33.8. The van der Waals surface area contributed by atoms with Gasteiger partial charge < -0.3 is 29.9 Å². The van der Waals surface area contributed by atoms with Crippen molar-refractivity contribution in [3.8, 4) is 17.2 Å². The fourth-order valence-electron chi connectivity index (χ4n) is 6.73. The first-order valence-corrected chi connectivity index (χ1v) is 25.5. The van der Waals surface area contributed by atoms with Gasteiger partial charge in [0, 0.05) is 28.3 Å². The summed E-state index contributed by atoms with van der Waals surface area (Å²) >= 11 is 0. The van der Waals surface area contributed by atoms with Gasteiger partial charge in [0.15, 0.2) is 11.5 Å². The number of phenols is 1. The van der Waals surface area contributed by atoms with E-state index in [9.17, 15) is 81.9 Å². The van der Waals surface area contributed by atoms with Gasteiger partial charge in [-0.15, -0.1) is 15.3 Å². The van der Waals surface area contributed by atoms with Gasteiger partial charge in [0.1, 0.15) is 56.5 Å². The number of carboxylic acids is 1. The molecule has 32 heteroatoms. The third kappa shape index (κ3) is 11.2. The van der Waals surface area contributed by atoms with Crippen LogP contribution in [0, 0.1) is 0 Å². The molecule has 1 amide bonds. The van der Waals surface area contributed by atoms with Crippen LogP contribution in [0.15, 0.2) is 146 Å². The van der Waals surface area contributed by atoms with Crippen LogP contribution in [0.4, 0.5) is 34.1 Å². The Kier molecular flexibility index (Phi) is 14.6. The van der Waals surface area contributed by atoms with Crippen LogP contribution in [-0.4, -0.2) is 122 Å². The summed E-state index contributed by atoms with van der Waals surface area (Å²) in [6.07, 6.45) is 0. The molecule has 8 N–H and O–H groups in total. The van der Waals surface area contributed by atoms with Gasteiger partial charge in [-0.3, -0.25) is 23.0 Å². The number of phenolic OH excluding ortho intramolecular Hbond substituents is 1. The molecule has 1 aliphatic rings. The number of ether oxygens (including phenoxy) is 2. The highest BCUT2D eigenvalue weighted by Gasteiger charge is 2.41. The molecule has 1 atom stereocenters. The fraction of sp³-hybridized carbons (Fsp3) is 0.125. The Balaban J connectivity index is 1.25. The van der Waals surface area contributed by atoms with Crippen molar-refractivity contribution in [2.75, 3.05) is 31.4 Å². The van der Waals surface area contributed by atoms with E-state index in [0.717, 1.165) is 78.9 Å². The van der Waals surface area contributed by atoms with Crippen LogP contribution in [-0.2, 0) is 50.1 Å². The number of benzene rings is 6. The average Bonchev–Trinajstić information content (AvgIpc) is 3.65. The van der Waals surface area contributed by atoms with E-state index in [0.29, 0.717) is 5.01 Å². The summed E-state index contributed by atoms with van der Waals surface area (Å²) in [5, 5.41) is 67.3. The first-order valence-electron chi connectivity index (χ1n) is 19.7. The predicted octanol–water partition coefficient (Wildman–Crippen LogP) is 5.20. The number of hydrogen-bond acceptors (Lipinski definition) is 22. The van der Waals surface area contributed by atoms with Crippen LogP contribution in [0.1, 0.15) is 0 Å². The Morgan fingerprint density at radius 1 is 0.611 bits per heavy atom. The molecule has 0 radical (unpaired) electrons. The maximum atomic E-state index is 13.3. The minimum Gasteiger partial charge on any atom is -0.505 e. The molecular formula is C40H32N8O20S4. The zero-order valence-corrected chi connectivity index (χ0v) is 39.0. The summed E-state index contributed by atoms with van der Waals surface area (Å²) in [7, 11) is -19.9. The van der Waals surface area contributed by atoms with Crippen molar-refractivity contribution in [2.45, 2.75) is 25.6 Å². The SMILES string of the molecule is O=C(O)C1=NN(c2ccc(S(=O)(=O)O)cc2)C(=O)C1N=Nc1ccc2c(O)c(N=Nc3cc(OCCO)c(N=Nc4cc(S(=O)(=O)O)c5cccc(S(=O)(=O)O)c5c4)cc3OCCO)c(S(=O)(=O)O)cc2c1. The van der Waals surface area contributed by atoms with E-state index in [1.54, 1.807) is 0 Å². The topological polar surface area (TPSA) is 441 Å². The Morgan fingerprint density at radius 3 is 1.76 bits per heavy atom. The van der Waals surface area contributed by atoms with E-state index < -0.39 is 122 Å². The molecule has 0 aliphatic carbocycles. The lowest BCUT2D eigenvalue weighted by molar-refractivity contribution is -0.130. The number of aliphatic hydroxyl groups is 2. The molecule has 0 bridgehead atoms. The number of carbonyl (C=O) groups excluding carboxylic acids is 1. The molecule has 0 saturated carbocycles. The van der Waals surface area contributed by atoms with Crippen molar-refractivity contribution >= 4 is 114 Å². The van der Waals surface area contributed by atoms with Gasteiger partial charge in [-0.25, -0.2) is 4.79 Å². The number of azo groups is 3. The summed E-state index contributed by atoms with van der Waals surface area (Å²) in [4.78, 5) is 22.2. The number of carboxylic acid groups (broad SMARTS) is 1. The highest BCUT2D eigenvalue weighted by atomic mass is 32.2. The lowest BCUT2D eigenvalue weighted by Crippen LogP contribution is -2.33. The average molecular weight is 1070 g/mol. The van der Waals surface area contributed by atoms with Crippen molar-refractivity contribution in [1.29, 1.82) is 0 Å². The largest absolute Gasteiger partial charge is 0.505 e. The van der Waals surface area contributed by atoms with Gasteiger partial charge in [0.2, 0.25) is 6.04 Å². The molecule has 0 saturated heterocycles. The second kappa shape index (κ2) is 20.1. The fourth-order valence-corrected chi connectivity index (χ4v) is 9.29. The summed E-state index contributed by atoms with van der Waals surface area (Å²) in [6.45, 7) is -1.98. The highest BCUT2D eigenvalue weighted by molar-refractivity contribution is 7.87. The number of hydrogen-bond donors (Lipinski definition) is 8. The molecular weight excluding hydrogens is 1040 g/mol. The third-order valence-electron chi connectivity index (χ3n) is 9.84. The van der Waals surface area contributed by atoms with Gasteiger partial charge in [-0.1, -0.05) is 12.1 Å². The van der Waals surface area contributed by atoms with E-state index in [2.05, 4.69) is 35.8 Å². The number of nitrogens with zero attached hydrogens (tertiary/aromatic N) is 8. The van der Waals surface area contributed by atoms with E-state index in [1.807, 2.05) is 0 Å². The molecule has 0 aromatic heterocycles. The zero-order chi connectivity index (χ0) is 52.5. The van der Waals surface area contributed by atoms with Crippen molar-refractivity contribution < 1.29 is 91.4 Å². The summed E-state index contributed by atoms with van der Waals surface area (Å²) in [5.41, 5.74) is -2.85. The number of aliphatic hydroxyl groups excluding tert-OH is 2. The van der Waals surface area contributed by atoms with Crippen LogP contribution in [0.2, 0.25) is 0 Å². The number of hydrazone groups is 1. The van der Waals surface area contributed by atoms with Gasteiger partial charge in [-0.2, -0.15) is 59.1 Å². The molecule has 7 rings (SSSR count). The summed E-state index contributed by atoms with van der Waals surface area (Å²) in [6, 6.07) is 13.8. The summed E-state index contributed by atoms with van der Waals surface area (Å²) < 4.78 is 148. The number of rotatable bonds is 18. The van der Waals surface area contributed by atoms with Crippen LogP contribution >= 0.6 is 0 Å². The number of aromatic hydroxyl groups is 1. The number of fused-ring (bicyclic) bond motifs is 2. The van der Waals surface area contributed by atoms with E-state index >= 15 is 0 Å². The molecule has 0 spiro atoms. The number of amides is 1. The van der Waals surface area contributed by atoms with Gasteiger partial charge in [0.05, 0.1) is 35.2 Å². The Hall–Kier alpha value is -7.79. The van der Waals surface area contributed by atoms with Crippen molar-refractivity contribution in [3.05, 3.63) is 91.0 Å². The molecule has 376 valence electrons. The standard InChI is InChI=1S/C40H32N8O20S4/c49-10-12-67-30-19-29(31(68-13-11-50)18-28(30)43-42-22-16-27-26(33(17-22)71(61,62)63)2-1-3-32(27)70(58,59)60)44-45-35-34(72(64,65)66)15-20-14-21(4-9-25(20)38(35)51)41-46-36-37(40(53)54)47-48(39(36)52)23-5-7-24(8-6-23)69(55,56)57/h1-9,14-19,36,49-51H,10-13H2,(H,53,54)(H,55,56,57)(H,58,59,60)(H,61,62,63)(H,64,65,66). The Labute approximate surface area is 404 Å². The molecule has 0 fully saturated rings. The van der Waals surface area contributed by atoms with Gasteiger partial charge in [-0.05, 0) is 72.1 Å². The molecule has 6 aromatic carbocycles. The van der Waals surface area contributed by atoms with Crippen molar-refractivity contribution in [2.24, 2.45) is 35.8 Å². The smallest absolute Gasteiger partial charge is 0.355 e. The van der Waals surface area contributed by atoms with E-state index in [4.69, 9.17) is 9.47 Å². The molecule has 6 aromatic rings. The lowest BCUT2D eigenvalue weighted by atomic mass is 10.1. The number of anilines is 1. The van der Waals surface area contributed by atoms with Gasteiger partial charge in [0.25, 0.3) is 46.4 Å². The third-order valence-corrected chi connectivity index (χ3v) is 13.4. The summed E-state index contributed by atoms with van der Waals surface area (Å²) in [5.74, 6) is -4.15. The maximum absolute atomic E-state index is 13.3. The minimum atomic E-state index is -5.27. The molecule has 1 heterocycles. The van der Waals surface area contributed by atoms with E-state index in [-0.39, 0.29) is 61.5 Å². The monoisotopic (exact) mass is 1070 g/mol. The van der Waals surface area contributed by atoms with Crippen LogP contribution < -0.4 is 14.5 Å². The second-order valence-corrected chi connectivity index (χ2v) is 20.1. The van der Waals surface area contributed by atoms with Crippen molar-refractivity contribution in [1.82, 2.24) is 0 Å².